The molecule has 4 rings (SSSR count). The summed E-state index contributed by atoms with van der Waals surface area (Å²) in [6.45, 7) is 8.76. The van der Waals surface area contributed by atoms with E-state index in [2.05, 4.69) is 27.1 Å². The predicted octanol–water partition coefficient (Wildman–Crippen LogP) is 3.39. The first-order valence-electron chi connectivity index (χ1n) is 14.0. The van der Waals surface area contributed by atoms with Gasteiger partial charge in [0.25, 0.3) is 0 Å². The van der Waals surface area contributed by atoms with Gasteiger partial charge in [-0.05, 0) is 43.4 Å². The van der Waals surface area contributed by atoms with Crippen molar-refractivity contribution in [3.05, 3.63) is 40.4 Å². The fraction of sp³-hybridized carbons (Fsp3) is 0.586. The Balaban J connectivity index is 1.42. The molecule has 11 heteroatoms. The topological polar surface area (TPSA) is 110 Å². The highest BCUT2D eigenvalue weighted by Crippen LogP contribution is 2.28. The van der Waals surface area contributed by atoms with Gasteiger partial charge in [0.1, 0.15) is 0 Å². The van der Waals surface area contributed by atoms with E-state index in [0.29, 0.717) is 62.8 Å². The highest BCUT2D eigenvalue weighted by molar-refractivity contribution is 7.18. The Kier molecular flexibility index (Phi) is 11.5. The number of ether oxygens (including phenoxy) is 2. The van der Waals surface area contributed by atoms with E-state index >= 15 is 0 Å². The van der Waals surface area contributed by atoms with Crippen LogP contribution in [0.3, 0.4) is 0 Å². The zero-order valence-electron chi connectivity index (χ0n) is 23.1. The van der Waals surface area contributed by atoms with Crippen LogP contribution in [0, 0.1) is 11.8 Å². The molecule has 0 unspecified atom stereocenters. The molecule has 1 aromatic heterocycles. The Morgan fingerprint density at radius 1 is 1.18 bits per heavy atom. The maximum atomic E-state index is 13.7. The third-order valence-electron chi connectivity index (χ3n) is 7.65. The molecule has 9 nitrogen and oxygen atoms in total. The summed E-state index contributed by atoms with van der Waals surface area (Å²) < 4.78 is 11.9. The number of thiazole rings is 1. The van der Waals surface area contributed by atoms with Crippen LogP contribution in [0.15, 0.2) is 30.4 Å². The Morgan fingerprint density at radius 3 is 2.62 bits per heavy atom. The molecule has 2 amide bonds. The van der Waals surface area contributed by atoms with Crippen molar-refractivity contribution in [1.82, 2.24) is 20.5 Å². The van der Waals surface area contributed by atoms with Crippen LogP contribution >= 0.6 is 22.9 Å². The smallest absolute Gasteiger partial charge is 0.224 e. The van der Waals surface area contributed by atoms with Crippen LogP contribution in [0.1, 0.15) is 37.1 Å². The molecule has 2 fully saturated rings. The summed E-state index contributed by atoms with van der Waals surface area (Å²) >= 11 is 7.62. The van der Waals surface area contributed by atoms with Gasteiger partial charge < -0.3 is 20.1 Å². The summed E-state index contributed by atoms with van der Waals surface area (Å²) in [5, 5.41) is 7.27. The number of carbonyl (C=O) groups excluding carboxylic acids is 3. The number of hydrogen-bond donors (Lipinski definition) is 2. The second kappa shape index (κ2) is 15.0. The van der Waals surface area contributed by atoms with Crippen molar-refractivity contribution in [2.24, 2.45) is 11.8 Å². The molecule has 2 atom stereocenters. The van der Waals surface area contributed by atoms with Gasteiger partial charge >= 0.3 is 0 Å². The highest BCUT2D eigenvalue weighted by Gasteiger charge is 2.30. The van der Waals surface area contributed by atoms with Crippen LogP contribution in [-0.2, 0) is 30.3 Å². The van der Waals surface area contributed by atoms with Crippen LogP contribution in [0.2, 0.25) is 5.02 Å². The zero-order valence-corrected chi connectivity index (χ0v) is 24.7. The molecule has 2 N–H and O–H groups in total. The van der Waals surface area contributed by atoms with E-state index in [1.807, 2.05) is 12.1 Å². The Labute approximate surface area is 244 Å². The molecule has 0 radical (unpaired) electrons. The quantitative estimate of drug-likeness (QED) is 0.344. The number of morpholine rings is 1. The Hall–Kier alpha value is -2.37. The minimum atomic E-state index is -0.592. The van der Waals surface area contributed by atoms with Crippen LogP contribution < -0.4 is 10.6 Å². The maximum Gasteiger partial charge on any atom is 0.224 e. The SMILES string of the molecule is C=C(CN1CCOCC1)C(=O)CC[C@@H](NC(=O)[C@@H](CC(=O)NC)Cc1nc2ccc(Cl)cc2s1)C1CCOCC1. The summed E-state index contributed by atoms with van der Waals surface area (Å²) in [6, 6.07) is 5.31. The second-order valence-electron chi connectivity index (χ2n) is 10.5. The summed E-state index contributed by atoms with van der Waals surface area (Å²) in [7, 11) is 1.57. The van der Waals surface area contributed by atoms with E-state index in [4.69, 9.17) is 21.1 Å². The number of benzene rings is 1. The van der Waals surface area contributed by atoms with E-state index in [-0.39, 0.29) is 36.0 Å². The highest BCUT2D eigenvalue weighted by atomic mass is 35.5. The molecule has 3 heterocycles. The van der Waals surface area contributed by atoms with E-state index in [9.17, 15) is 14.4 Å². The lowest BCUT2D eigenvalue weighted by Crippen LogP contribution is -2.46. The average Bonchev–Trinajstić information content (AvgIpc) is 3.36. The number of hydrogen-bond acceptors (Lipinski definition) is 8. The number of nitrogens with zero attached hydrogens (tertiary/aromatic N) is 2. The average molecular weight is 591 g/mol. The zero-order chi connectivity index (χ0) is 28.5. The molecule has 2 saturated heterocycles. The normalized spacial score (nSPS) is 18.2. The van der Waals surface area contributed by atoms with Gasteiger partial charge in [0.15, 0.2) is 5.78 Å². The molecule has 0 aliphatic carbocycles. The molecule has 2 aliphatic rings. The number of carbonyl (C=O) groups is 3. The minimum Gasteiger partial charge on any atom is -0.381 e. The molecule has 0 saturated carbocycles. The van der Waals surface area contributed by atoms with Crippen LogP contribution in [0.5, 0.6) is 0 Å². The van der Waals surface area contributed by atoms with Crippen molar-refractivity contribution in [3.8, 4) is 0 Å². The number of halogens is 1. The molecule has 0 bridgehead atoms. The molecule has 0 spiro atoms. The molecule has 2 aliphatic heterocycles. The van der Waals surface area contributed by atoms with Gasteiger partial charge in [-0.1, -0.05) is 18.2 Å². The van der Waals surface area contributed by atoms with Gasteiger partial charge in [0.2, 0.25) is 11.8 Å². The summed E-state index contributed by atoms with van der Waals surface area (Å²) in [6.07, 6.45) is 2.84. The van der Waals surface area contributed by atoms with E-state index in [1.165, 1.54) is 11.3 Å². The van der Waals surface area contributed by atoms with E-state index in [0.717, 1.165) is 41.2 Å². The Morgan fingerprint density at radius 2 is 1.90 bits per heavy atom. The van der Waals surface area contributed by atoms with Crippen molar-refractivity contribution in [2.45, 2.75) is 44.6 Å². The van der Waals surface area contributed by atoms with Gasteiger partial charge in [-0.3, -0.25) is 19.3 Å². The number of ketones is 1. The standard InChI is InChI=1S/C29H39ClN4O5S/c1-19(18-34-9-13-39-14-10-34)25(35)6-5-23(20-7-11-38-12-8-20)33-29(37)21(15-27(36)31-2)16-28-32-24-4-3-22(30)17-26(24)40-28/h3-4,17,20-21,23H,1,5-16,18H2,2H3,(H,31,36)(H,33,37)/t21-,23+/m0/s1. The number of amides is 2. The lowest BCUT2D eigenvalue weighted by atomic mass is 9.87. The number of fused-ring (bicyclic) bond motifs is 1. The van der Waals surface area contributed by atoms with Gasteiger partial charge in [0.05, 0.1) is 34.4 Å². The molecule has 2 aromatic rings. The Bertz CT molecular complexity index is 1190. The molecule has 218 valence electrons. The fourth-order valence-corrected chi connectivity index (χ4v) is 6.58. The molecule has 40 heavy (non-hydrogen) atoms. The number of aromatic nitrogens is 1. The number of Topliss-reactive ketones (excluding diaryl/α,β-unsaturated/α-hetero) is 1. The minimum absolute atomic E-state index is 0.0212. The lowest BCUT2D eigenvalue weighted by molar-refractivity contribution is -0.131. The monoisotopic (exact) mass is 590 g/mol. The van der Waals surface area contributed by atoms with Crippen LogP contribution in [0.25, 0.3) is 10.2 Å². The van der Waals surface area contributed by atoms with Gasteiger partial charge in [-0.2, -0.15) is 0 Å². The fourth-order valence-electron chi connectivity index (χ4n) is 5.25. The molecular formula is C29H39ClN4O5S. The first kappa shape index (κ1) is 30.6. The van der Waals surface area contributed by atoms with Crippen molar-refractivity contribution in [3.63, 3.8) is 0 Å². The van der Waals surface area contributed by atoms with E-state index < -0.39 is 5.92 Å². The van der Waals surface area contributed by atoms with Crippen LogP contribution in [-0.4, -0.2) is 86.6 Å². The van der Waals surface area contributed by atoms with Crippen molar-refractivity contribution in [2.75, 3.05) is 53.1 Å². The van der Waals surface area contributed by atoms with Gasteiger partial charge in [-0.25, -0.2) is 4.98 Å². The number of nitrogens with one attached hydrogen (secondary N) is 2. The van der Waals surface area contributed by atoms with Crippen molar-refractivity contribution in [1.29, 1.82) is 0 Å². The summed E-state index contributed by atoms with van der Waals surface area (Å²) in [5.74, 6) is -0.778. The summed E-state index contributed by atoms with van der Waals surface area (Å²) in [4.78, 5) is 45.9. The van der Waals surface area contributed by atoms with Crippen molar-refractivity contribution >= 4 is 50.8 Å². The lowest BCUT2D eigenvalue weighted by Gasteiger charge is -2.32. The first-order valence-corrected chi connectivity index (χ1v) is 15.2. The molecular weight excluding hydrogens is 552 g/mol. The number of rotatable bonds is 13. The third-order valence-corrected chi connectivity index (χ3v) is 8.93. The van der Waals surface area contributed by atoms with Crippen molar-refractivity contribution < 1.29 is 23.9 Å². The first-order chi connectivity index (χ1) is 19.3. The van der Waals surface area contributed by atoms with Gasteiger partial charge in [0, 0.05) is 75.8 Å². The second-order valence-corrected chi connectivity index (χ2v) is 12.1. The van der Waals surface area contributed by atoms with Crippen LogP contribution in [0.4, 0.5) is 0 Å². The maximum absolute atomic E-state index is 13.7. The summed E-state index contributed by atoms with van der Waals surface area (Å²) in [5.41, 5.74) is 1.41. The van der Waals surface area contributed by atoms with Gasteiger partial charge in [-0.15, -0.1) is 11.3 Å². The molecule has 1 aromatic carbocycles. The van der Waals surface area contributed by atoms with E-state index in [1.54, 1.807) is 13.1 Å². The largest absolute Gasteiger partial charge is 0.381 e. The third kappa shape index (κ3) is 8.81. The predicted molar refractivity (Wildman–Crippen MR) is 157 cm³/mol.